The number of carbonyl (C=O) groups is 1. The lowest BCUT2D eigenvalue weighted by atomic mass is 10.1. The number of carbonyl (C=O) groups excluding carboxylic acids is 1. The van der Waals surface area contributed by atoms with Gasteiger partial charge in [-0.25, -0.2) is 0 Å². The van der Waals surface area contributed by atoms with Gasteiger partial charge in [-0.05, 0) is 66.9 Å². The molecule has 0 bridgehead atoms. The molecular weight excluding hydrogens is 488 g/mol. The topological polar surface area (TPSA) is 80.3 Å². The summed E-state index contributed by atoms with van der Waals surface area (Å²) in [5, 5.41) is 14.1. The van der Waals surface area contributed by atoms with Crippen molar-refractivity contribution in [3.8, 4) is 17.2 Å². The van der Waals surface area contributed by atoms with Crippen LogP contribution in [0.25, 0.3) is 0 Å². The summed E-state index contributed by atoms with van der Waals surface area (Å²) in [6.45, 7) is 1.90. The second-order valence-corrected chi connectivity index (χ2v) is 9.94. The molecule has 8 heteroatoms. The Bertz CT molecular complexity index is 1190. The third kappa shape index (κ3) is 6.39. The van der Waals surface area contributed by atoms with E-state index in [-0.39, 0.29) is 5.91 Å². The normalized spacial score (nSPS) is 17.2. The van der Waals surface area contributed by atoms with Crippen LogP contribution in [-0.2, 0) is 11.2 Å². The zero-order chi connectivity index (χ0) is 26.2. The van der Waals surface area contributed by atoms with Crippen molar-refractivity contribution >= 4 is 23.4 Å². The van der Waals surface area contributed by atoms with E-state index in [4.69, 9.17) is 14.2 Å². The minimum atomic E-state index is -1.16. The Morgan fingerprint density at radius 3 is 2.41 bits per heavy atom. The van der Waals surface area contributed by atoms with Gasteiger partial charge in [-0.15, -0.1) is 11.8 Å². The number of hydrogen-bond donors (Lipinski definition) is 2. The molecule has 1 amide bonds. The molecule has 37 heavy (non-hydrogen) atoms. The van der Waals surface area contributed by atoms with Gasteiger partial charge in [0.15, 0.2) is 11.5 Å². The fraction of sp³-hybridized carbons (Fsp3) is 0.345. The summed E-state index contributed by atoms with van der Waals surface area (Å²) < 4.78 is 15.9. The van der Waals surface area contributed by atoms with Gasteiger partial charge in [0, 0.05) is 18.0 Å². The van der Waals surface area contributed by atoms with Crippen molar-refractivity contribution in [2.75, 3.05) is 45.9 Å². The molecule has 0 radical (unpaired) electrons. The highest BCUT2D eigenvalue weighted by Gasteiger charge is 2.37. The highest BCUT2D eigenvalue weighted by atomic mass is 32.2. The van der Waals surface area contributed by atoms with E-state index < -0.39 is 11.4 Å². The first kappa shape index (κ1) is 26.9. The summed E-state index contributed by atoms with van der Waals surface area (Å²) in [4.78, 5) is 16.1. The van der Waals surface area contributed by atoms with Crippen LogP contribution < -0.4 is 24.4 Å². The molecule has 1 aliphatic rings. The Morgan fingerprint density at radius 1 is 0.919 bits per heavy atom. The van der Waals surface area contributed by atoms with Crippen molar-refractivity contribution < 1.29 is 24.1 Å². The van der Waals surface area contributed by atoms with Crippen molar-refractivity contribution in [1.29, 1.82) is 0 Å². The summed E-state index contributed by atoms with van der Waals surface area (Å²) in [6.07, 6.45) is 0.686. The fourth-order valence-corrected chi connectivity index (χ4v) is 5.70. The SMILES string of the molecule is COc1ccc(C2Sc3ccccc3N(CCNCCCc3ccc(OC)c(OC)c3)C(=O)C2O)cc1. The van der Waals surface area contributed by atoms with Crippen LogP contribution in [0.1, 0.15) is 22.8 Å². The molecule has 0 saturated carbocycles. The number of fused-ring (bicyclic) bond motifs is 1. The van der Waals surface area contributed by atoms with Crippen LogP contribution >= 0.6 is 11.8 Å². The molecule has 7 nitrogen and oxygen atoms in total. The number of aliphatic hydroxyl groups excluding tert-OH is 1. The molecule has 2 atom stereocenters. The predicted octanol–water partition coefficient (Wildman–Crippen LogP) is 4.48. The summed E-state index contributed by atoms with van der Waals surface area (Å²) >= 11 is 1.52. The maximum absolute atomic E-state index is 13.4. The number of nitrogens with one attached hydrogen (secondary N) is 1. The molecule has 0 fully saturated rings. The van der Waals surface area contributed by atoms with Gasteiger partial charge >= 0.3 is 0 Å². The zero-order valence-corrected chi connectivity index (χ0v) is 22.3. The molecule has 4 rings (SSSR count). The summed E-state index contributed by atoms with van der Waals surface area (Å²) in [5.41, 5.74) is 2.90. The third-order valence-corrected chi connectivity index (χ3v) is 7.82. The first-order chi connectivity index (χ1) is 18.0. The monoisotopic (exact) mass is 522 g/mol. The second-order valence-electron chi connectivity index (χ2n) is 8.76. The molecule has 2 N–H and O–H groups in total. The lowest BCUT2D eigenvalue weighted by molar-refractivity contribution is -0.126. The highest BCUT2D eigenvalue weighted by molar-refractivity contribution is 7.99. The maximum atomic E-state index is 13.4. The number of benzene rings is 3. The molecule has 2 unspecified atom stereocenters. The zero-order valence-electron chi connectivity index (χ0n) is 21.5. The standard InChI is InChI=1S/C29H34N2O5S/c1-34-22-13-11-21(12-14-22)28-27(32)29(33)31(23-8-4-5-9-26(23)37-28)18-17-30-16-6-7-20-10-15-24(35-2)25(19-20)36-3/h4-5,8-15,19,27-28,30,32H,6-7,16-18H2,1-3H3. The predicted molar refractivity (Wildman–Crippen MR) is 147 cm³/mol. The first-order valence-electron chi connectivity index (χ1n) is 12.4. The van der Waals surface area contributed by atoms with E-state index >= 15 is 0 Å². The van der Waals surface area contributed by atoms with Gasteiger partial charge in [-0.3, -0.25) is 4.79 Å². The number of aryl methyl sites for hydroxylation is 1. The molecule has 0 saturated heterocycles. The van der Waals surface area contributed by atoms with Gasteiger partial charge in [0.2, 0.25) is 0 Å². The Hall–Kier alpha value is -3.20. The van der Waals surface area contributed by atoms with Crippen LogP contribution in [0.4, 0.5) is 5.69 Å². The number of anilines is 1. The largest absolute Gasteiger partial charge is 0.497 e. The quantitative estimate of drug-likeness (QED) is 0.360. The van der Waals surface area contributed by atoms with Gasteiger partial charge in [0.05, 0.1) is 32.3 Å². The van der Waals surface area contributed by atoms with Crippen molar-refractivity contribution in [3.63, 3.8) is 0 Å². The number of thioether (sulfide) groups is 1. The number of ether oxygens (including phenoxy) is 3. The first-order valence-corrected chi connectivity index (χ1v) is 13.2. The van der Waals surface area contributed by atoms with Crippen molar-refractivity contribution in [2.45, 2.75) is 29.1 Å². The van der Waals surface area contributed by atoms with Crippen molar-refractivity contribution in [2.24, 2.45) is 0 Å². The Balaban J connectivity index is 1.36. The molecule has 0 aliphatic carbocycles. The molecule has 196 valence electrons. The Kier molecular flexibility index (Phi) is 9.33. The van der Waals surface area contributed by atoms with Crippen LogP contribution in [0, 0.1) is 0 Å². The number of hydrogen-bond acceptors (Lipinski definition) is 7. The fourth-order valence-electron chi connectivity index (χ4n) is 4.43. The van der Waals surface area contributed by atoms with Gasteiger partial charge in [-0.2, -0.15) is 0 Å². The smallest absolute Gasteiger partial charge is 0.257 e. The molecule has 3 aromatic rings. The van der Waals surface area contributed by atoms with E-state index in [9.17, 15) is 9.90 Å². The lowest BCUT2D eigenvalue weighted by Gasteiger charge is -2.25. The Labute approximate surface area is 222 Å². The number of para-hydroxylation sites is 1. The molecule has 1 aliphatic heterocycles. The minimum Gasteiger partial charge on any atom is -0.497 e. The van der Waals surface area contributed by atoms with Gasteiger partial charge in [0.25, 0.3) is 5.91 Å². The number of rotatable bonds is 11. The maximum Gasteiger partial charge on any atom is 0.257 e. The average Bonchev–Trinajstić information content (AvgIpc) is 3.04. The number of methoxy groups -OCH3 is 3. The molecule has 1 heterocycles. The van der Waals surface area contributed by atoms with Crippen LogP contribution in [0.5, 0.6) is 17.2 Å². The van der Waals surface area contributed by atoms with Gasteiger partial charge in [-0.1, -0.05) is 30.3 Å². The summed E-state index contributed by atoms with van der Waals surface area (Å²) in [7, 11) is 4.89. The van der Waals surface area contributed by atoms with E-state index in [1.807, 2.05) is 66.7 Å². The van der Waals surface area contributed by atoms with Crippen molar-refractivity contribution in [1.82, 2.24) is 5.32 Å². The number of nitrogens with zero attached hydrogens (tertiary/aromatic N) is 1. The van der Waals surface area contributed by atoms with Gasteiger partial charge in [0.1, 0.15) is 11.9 Å². The number of aliphatic hydroxyl groups is 1. The van der Waals surface area contributed by atoms with Crippen molar-refractivity contribution in [3.05, 3.63) is 77.9 Å². The van der Waals surface area contributed by atoms with E-state index in [1.165, 1.54) is 17.3 Å². The molecular formula is C29H34N2O5S. The summed E-state index contributed by atoms with van der Waals surface area (Å²) in [5.74, 6) is 1.91. The lowest BCUT2D eigenvalue weighted by Crippen LogP contribution is -2.43. The van der Waals surface area contributed by atoms with Gasteiger partial charge < -0.3 is 29.5 Å². The Morgan fingerprint density at radius 2 is 1.68 bits per heavy atom. The molecule has 0 aromatic heterocycles. The highest BCUT2D eigenvalue weighted by Crippen LogP contribution is 2.45. The van der Waals surface area contributed by atoms with Crippen LogP contribution in [0.2, 0.25) is 0 Å². The van der Waals surface area contributed by atoms with E-state index in [1.54, 1.807) is 26.2 Å². The average molecular weight is 523 g/mol. The molecule has 3 aromatic carbocycles. The summed E-state index contributed by atoms with van der Waals surface area (Å²) in [6, 6.07) is 21.3. The molecule has 0 spiro atoms. The second kappa shape index (κ2) is 12.9. The van der Waals surface area contributed by atoms with Crippen LogP contribution in [0.3, 0.4) is 0 Å². The van der Waals surface area contributed by atoms with Crippen LogP contribution in [-0.4, -0.2) is 58.1 Å². The number of amides is 1. The van der Waals surface area contributed by atoms with E-state index in [0.29, 0.717) is 13.1 Å². The van der Waals surface area contributed by atoms with E-state index in [0.717, 1.165) is 52.8 Å². The third-order valence-electron chi connectivity index (χ3n) is 6.44. The van der Waals surface area contributed by atoms with E-state index in [2.05, 4.69) is 5.32 Å². The van der Waals surface area contributed by atoms with Crippen LogP contribution in [0.15, 0.2) is 71.6 Å². The minimum absolute atomic E-state index is 0.287.